The van der Waals surface area contributed by atoms with Gasteiger partial charge in [0.05, 0.1) is 5.60 Å². The number of ether oxygens (including phenoxy) is 1. The second kappa shape index (κ2) is 5.92. The van der Waals surface area contributed by atoms with Gasteiger partial charge in [0.25, 0.3) is 5.91 Å². The van der Waals surface area contributed by atoms with Crippen LogP contribution in [-0.2, 0) is 0 Å². The molecule has 5 rings (SSSR count). The average molecular weight is 359 g/mol. The predicted octanol–water partition coefficient (Wildman–Crippen LogP) is 2.01. The van der Waals surface area contributed by atoms with E-state index in [2.05, 4.69) is 10.3 Å². The molecule has 4 bridgehead atoms. The number of aromatic nitrogens is 1. The lowest BCUT2D eigenvalue weighted by atomic mass is 9.50. The van der Waals surface area contributed by atoms with Crippen molar-refractivity contribution in [2.45, 2.75) is 69.1 Å². The molecule has 1 heterocycles. The number of rotatable bonds is 5. The topological polar surface area (TPSA) is 97.5 Å². The molecular weight excluding hydrogens is 330 g/mol. The highest BCUT2D eigenvalue weighted by molar-refractivity contribution is 5.93. The summed E-state index contributed by atoms with van der Waals surface area (Å²) in [6.45, 7) is 3.51. The third-order valence-corrected chi connectivity index (χ3v) is 6.04. The highest BCUT2D eigenvalue weighted by Gasteiger charge is 2.56. The van der Waals surface area contributed by atoms with Crippen LogP contribution in [0.4, 0.5) is 0 Å². The van der Waals surface area contributed by atoms with E-state index in [0.29, 0.717) is 23.3 Å². The van der Waals surface area contributed by atoms with Gasteiger partial charge >= 0.3 is 0 Å². The number of amides is 1. The fraction of sp³-hybridized carbons (Fsp3) is 0.700. The van der Waals surface area contributed by atoms with Gasteiger partial charge in [0.15, 0.2) is 0 Å². The van der Waals surface area contributed by atoms with Gasteiger partial charge in [-0.2, -0.15) is 0 Å². The van der Waals surface area contributed by atoms with Crippen LogP contribution in [0.15, 0.2) is 18.3 Å². The number of hydrogen-bond donors (Lipinski definition) is 3. The number of aliphatic hydroxyl groups is 1. The number of nitrogens with one attached hydrogen (secondary N) is 1. The molecule has 142 valence electrons. The minimum Gasteiger partial charge on any atom is -0.490 e. The molecule has 2 atom stereocenters. The van der Waals surface area contributed by atoms with Gasteiger partial charge in [-0.05, 0) is 70.3 Å². The Morgan fingerprint density at radius 1 is 1.38 bits per heavy atom. The number of hydrogen-bond acceptors (Lipinski definition) is 5. The highest BCUT2D eigenvalue weighted by Crippen LogP contribution is 2.56. The highest BCUT2D eigenvalue weighted by atomic mass is 16.5. The third-order valence-electron chi connectivity index (χ3n) is 6.04. The van der Waals surface area contributed by atoms with E-state index in [4.69, 9.17) is 10.5 Å². The molecule has 4 aliphatic carbocycles. The number of pyridine rings is 1. The molecule has 0 spiro atoms. The summed E-state index contributed by atoms with van der Waals surface area (Å²) in [6.07, 6.45) is 7.95. The molecule has 4 fully saturated rings. The first kappa shape index (κ1) is 17.7. The first-order chi connectivity index (χ1) is 12.1. The van der Waals surface area contributed by atoms with Gasteiger partial charge in [0.2, 0.25) is 0 Å². The number of carbonyl (C=O) groups is 1. The molecule has 2 unspecified atom stereocenters. The SMILES string of the molecule is CC(C)(O)COc1ccnc(C(=O)NC23CC4CC(CC(N)(C4)C2)C3)c1. The van der Waals surface area contributed by atoms with E-state index in [0.717, 1.165) is 32.1 Å². The minimum absolute atomic E-state index is 0.109. The maximum atomic E-state index is 12.9. The molecule has 1 aromatic heterocycles. The van der Waals surface area contributed by atoms with Crippen LogP contribution in [0.5, 0.6) is 5.75 Å². The van der Waals surface area contributed by atoms with Gasteiger partial charge in [0.1, 0.15) is 18.1 Å². The molecule has 6 heteroatoms. The molecule has 26 heavy (non-hydrogen) atoms. The largest absolute Gasteiger partial charge is 0.490 e. The summed E-state index contributed by atoms with van der Waals surface area (Å²) in [6, 6.07) is 3.34. The van der Waals surface area contributed by atoms with E-state index in [9.17, 15) is 9.90 Å². The standard InChI is InChI=1S/C20H29N3O3/c1-18(2,25)12-26-15-3-4-22-16(6-15)17(24)23-20-9-13-5-14(10-20)8-19(21,7-13)11-20/h3-4,6,13-14,25H,5,7-12,21H2,1-2H3,(H,23,24). The third kappa shape index (κ3) is 3.58. The van der Waals surface area contributed by atoms with E-state index in [-0.39, 0.29) is 23.6 Å². The Labute approximate surface area is 154 Å². The normalized spacial score (nSPS) is 35.4. The zero-order valence-electron chi connectivity index (χ0n) is 15.6. The lowest BCUT2D eigenvalue weighted by Crippen LogP contribution is -2.68. The van der Waals surface area contributed by atoms with Crippen LogP contribution in [0, 0.1) is 11.8 Å². The van der Waals surface area contributed by atoms with Gasteiger partial charge in [-0.25, -0.2) is 0 Å². The van der Waals surface area contributed by atoms with Gasteiger partial charge in [0, 0.05) is 23.3 Å². The van der Waals surface area contributed by atoms with Crippen molar-refractivity contribution in [1.82, 2.24) is 10.3 Å². The van der Waals surface area contributed by atoms with Crippen LogP contribution in [0.25, 0.3) is 0 Å². The van der Waals surface area contributed by atoms with Crippen LogP contribution >= 0.6 is 0 Å². The maximum Gasteiger partial charge on any atom is 0.270 e. The first-order valence-electron chi connectivity index (χ1n) is 9.56. The molecular formula is C20H29N3O3. The monoisotopic (exact) mass is 359 g/mol. The van der Waals surface area contributed by atoms with Crippen molar-refractivity contribution in [3.8, 4) is 5.75 Å². The Bertz CT molecular complexity index is 698. The first-order valence-corrected chi connectivity index (χ1v) is 9.56. The summed E-state index contributed by atoms with van der Waals surface area (Å²) < 4.78 is 5.58. The maximum absolute atomic E-state index is 12.9. The van der Waals surface area contributed by atoms with Crippen LogP contribution in [0.3, 0.4) is 0 Å². The zero-order valence-corrected chi connectivity index (χ0v) is 15.6. The molecule has 4 aliphatic rings. The molecule has 4 saturated carbocycles. The van der Waals surface area contributed by atoms with Gasteiger partial charge in [-0.1, -0.05) is 0 Å². The average Bonchev–Trinajstić information content (AvgIpc) is 2.49. The van der Waals surface area contributed by atoms with Crippen LogP contribution < -0.4 is 15.8 Å². The molecule has 1 amide bonds. The smallest absolute Gasteiger partial charge is 0.270 e. The van der Waals surface area contributed by atoms with Gasteiger partial charge < -0.3 is 20.9 Å². The quantitative estimate of drug-likeness (QED) is 0.747. The van der Waals surface area contributed by atoms with E-state index in [1.54, 1.807) is 32.2 Å². The number of nitrogens with two attached hydrogens (primary N) is 1. The second-order valence-corrected chi connectivity index (χ2v) is 9.54. The van der Waals surface area contributed by atoms with E-state index in [1.807, 2.05) is 0 Å². The van der Waals surface area contributed by atoms with E-state index in [1.165, 1.54) is 6.42 Å². The predicted molar refractivity (Wildman–Crippen MR) is 97.8 cm³/mol. The molecule has 0 aliphatic heterocycles. The fourth-order valence-corrected chi connectivity index (χ4v) is 5.67. The molecule has 0 saturated heterocycles. The van der Waals surface area contributed by atoms with Crippen molar-refractivity contribution in [1.29, 1.82) is 0 Å². The van der Waals surface area contributed by atoms with Gasteiger partial charge in [-0.3, -0.25) is 9.78 Å². The minimum atomic E-state index is -0.930. The Morgan fingerprint density at radius 3 is 2.69 bits per heavy atom. The summed E-state index contributed by atoms with van der Waals surface area (Å²) in [5, 5.41) is 13.1. The van der Waals surface area contributed by atoms with Crippen molar-refractivity contribution in [3.05, 3.63) is 24.0 Å². The summed E-state index contributed by atoms with van der Waals surface area (Å²) in [5.41, 5.74) is 5.74. The lowest BCUT2D eigenvalue weighted by Gasteiger charge is -2.61. The molecule has 0 aromatic carbocycles. The lowest BCUT2D eigenvalue weighted by molar-refractivity contribution is -0.0321. The van der Waals surface area contributed by atoms with E-state index >= 15 is 0 Å². The Morgan fingerprint density at radius 2 is 2.08 bits per heavy atom. The second-order valence-electron chi connectivity index (χ2n) is 9.54. The zero-order chi connectivity index (χ0) is 18.6. The van der Waals surface area contributed by atoms with Crippen molar-refractivity contribution in [2.24, 2.45) is 17.6 Å². The molecule has 6 nitrogen and oxygen atoms in total. The fourth-order valence-electron chi connectivity index (χ4n) is 5.67. The van der Waals surface area contributed by atoms with Crippen LogP contribution in [-0.4, -0.2) is 39.3 Å². The van der Waals surface area contributed by atoms with Crippen molar-refractivity contribution in [2.75, 3.05) is 6.61 Å². The molecule has 0 radical (unpaired) electrons. The summed E-state index contributed by atoms with van der Waals surface area (Å²) in [4.78, 5) is 17.1. The Hall–Kier alpha value is -1.66. The van der Waals surface area contributed by atoms with Gasteiger partial charge in [-0.15, -0.1) is 0 Å². The molecule has 1 aromatic rings. The summed E-state index contributed by atoms with van der Waals surface area (Å²) >= 11 is 0. The van der Waals surface area contributed by atoms with Crippen molar-refractivity contribution in [3.63, 3.8) is 0 Å². The summed E-state index contributed by atoms with van der Waals surface area (Å²) in [7, 11) is 0. The van der Waals surface area contributed by atoms with Crippen LogP contribution in [0.1, 0.15) is 62.9 Å². The number of nitrogens with zero attached hydrogens (tertiary/aromatic N) is 1. The molecule has 4 N–H and O–H groups in total. The Kier molecular flexibility index (Phi) is 4.04. The van der Waals surface area contributed by atoms with Crippen LogP contribution in [0.2, 0.25) is 0 Å². The van der Waals surface area contributed by atoms with Crippen molar-refractivity contribution < 1.29 is 14.6 Å². The Balaban J connectivity index is 1.47. The summed E-state index contributed by atoms with van der Waals surface area (Å²) in [5.74, 6) is 1.64. The van der Waals surface area contributed by atoms with E-state index < -0.39 is 5.60 Å². The number of carbonyl (C=O) groups excluding carboxylic acids is 1. The van der Waals surface area contributed by atoms with Crippen molar-refractivity contribution >= 4 is 5.91 Å².